The molecule has 1 heterocycles. The van der Waals surface area contributed by atoms with Gasteiger partial charge in [-0.15, -0.1) is 0 Å². The van der Waals surface area contributed by atoms with Crippen molar-refractivity contribution >= 4 is 35.5 Å². The SMILES string of the molecule is NCCCC[C@H](NC(=O)[C@@H](N)CCCCN)C(=O)N1CCC[C@H]1C(=O)N[C@@H](CCC(N)=O)C(=O)N[C@@H](Cc1ccc(O)cc1)C(=O)O. The molecule has 0 spiro atoms. The second-order valence-corrected chi connectivity index (χ2v) is 11.8. The highest BCUT2D eigenvalue weighted by Gasteiger charge is 2.39. The summed E-state index contributed by atoms with van der Waals surface area (Å²) in [6.45, 7) is 1.10. The van der Waals surface area contributed by atoms with Crippen LogP contribution >= 0.6 is 0 Å². The Bertz CT molecular complexity index is 1210. The lowest BCUT2D eigenvalue weighted by Gasteiger charge is -2.30. The van der Waals surface area contributed by atoms with Crippen LogP contribution in [0.3, 0.4) is 0 Å². The van der Waals surface area contributed by atoms with E-state index in [9.17, 15) is 39.0 Å². The Hall–Kier alpha value is -4.28. The summed E-state index contributed by atoms with van der Waals surface area (Å²) in [7, 11) is 0. The summed E-state index contributed by atoms with van der Waals surface area (Å²) in [5, 5.41) is 27.0. The average molecular weight is 663 g/mol. The molecule has 5 atom stereocenters. The van der Waals surface area contributed by atoms with Gasteiger partial charge in [0.05, 0.1) is 6.04 Å². The first-order valence-electron chi connectivity index (χ1n) is 16.0. The number of hydrogen-bond acceptors (Lipinski definition) is 10. The van der Waals surface area contributed by atoms with Crippen molar-refractivity contribution in [1.82, 2.24) is 20.9 Å². The van der Waals surface area contributed by atoms with Crippen molar-refractivity contribution in [3.05, 3.63) is 29.8 Å². The van der Waals surface area contributed by atoms with E-state index >= 15 is 0 Å². The monoisotopic (exact) mass is 662 g/mol. The maximum Gasteiger partial charge on any atom is 0.326 e. The van der Waals surface area contributed by atoms with Crippen LogP contribution in [0.2, 0.25) is 0 Å². The molecule has 1 aliphatic heterocycles. The van der Waals surface area contributed by atoms with Crippen LogP contribution in [0.1, 0.15) is 69.8 Å². The molecule has 0 bridgehead atoms. The molecule has 47 heavy (non-hydrogen) atoms. The smallest absolute Gasteiger partial charge is 0.326 e. The molecule has 1 aliphatic rings. The van der Waals surface area contributed by atoms with Crippen molar-refractivity contribution in [1.29, 1.82) is 0 Å². The molecule has 16 nitrogen and oxygen atoms in total. The Morgan fingerprint density at radius 3 is 2.04 bits per heavy atom. The molecule has 1 aromatic carbocycles. The lowest BCUT2D eigenvalue weighted by atomic mass is 10.0. The molecule has 0 aliphatic carbocycles. The number of unbranched alkanes of at least 4 members (excludes halogenated alkanes) is 2. The predicted octanol–water partition coefficient (Wildman–Crippen LogP) is -1.68. The van der Waals surface area contributed by atoms with Crippen LogP contribution in [0, 0.1) is 0 Å². The van der Waals surface area contributed by atoms with Crippen molar-refractivity contribution in [3.8, 4) is 5.75 Å². The van der Waals surface area contributed by atoms with Crippen molar-refractivity contribution in [2.24, 2.45) is 22.9 Å². The Morgan fingerprint density at radius 1 is 0.830 bits per heavy atom. The summed E-state index contributed by atoms with van der Waals surface area (Å²) in [6.07, 6.45) is 3.37. The highest BCUT2D eigenvalue weighted by atomic mass is 16.4. The molecule has 1 fully saturated rings. The molecule has 0 unspecified atom stereocenters. The van der Waals surface area contributed by atoms with Gasteiger partial charge in [0, 0.05) is 19.4 Å². The Labute approximate surface area is 274 Å². The Kier molecular flexibility index (Phi) is 16.6. The first kappa shape index (κ1) is 38.9. The van der Waals surface area contributed by atoms with E-state index in [0.717, 1.165) is 0 Å². The van der Waals surface area contributed by atoms with Crippen molar-refractivity contribution in [3.63, 3.8) is 0 Å². The Morgan fingerprint density at radius 2 is 1.45 bits per heavy atom. The van der Waals surface area contributed by atoms with Crippen LogP contribution in [0.15, 0.2) is 24.3 Å². The fraction of sp³-hybridized carbons (Fsp3) is 0.613. The number of likely N-dealkylation sites (tertiary alicyclic amines) is 1. The van der Waals surface area contributed by atoms with Crippen LogP contribution in [0.5, 0.6) is 5.75 Å². The number of nitrogens with one attached hydrogen (secondary N) is 3. The van der Waals surface area contributed by atoms with Gasteiger partial charge < -0.3 is 54.0 Å². The van der Waals surface area contributed by atoms with Crippen LogP contribution in [0.25, 0.3) is 0 Å². The van der Waals surface area contributed by atoms with E-state index in [-0.39, 0.29) is 44.4 Å². The van der Waals surface area contributed by atoms with Gasteiger partial charge in [-0.25, -0.2) is 4.79 Å². The summed E-state index contributed by atoms with van der Waals surface area (Å²) in [5.74, 6) is -4.55. The highest BCUT2D eigenvalue weighted by Crippen LogP contribution is 2.21. The zero-order chi connectivity index (χ0) is 34.9. The third kappa shape index (κ3) is 13.2. The fourth-order valence-corrected chi connectivity index (χ4v) is 5.34. The number of carbonyl (C=O) groups excluding carboxylic acids is 5. The Balaban J connectivity index is 2.18. The molecular weight excluding hydrogens is 612 g/mol. The number of carboxylic acids is 1. The number of benzene rings is 1. The number of amides is 5. The molecule has 262 valence electrons. The molecule has 1 saturated heterocycles. The molecule has 2 rings (SSSR count). The number of rotatable bonds is 21. The number of nitrogens with two attached hydrogens (primary N) is 4. The van der Waals surface area contributed by atoms with E-state index in [4.69, 9.17) is 22.9 Å². The largest absolute Gasteiger partial charge is 0.508 e. The second-order valence-electron chi connectivity index (χ2n) is 11.8. The van der Waals surface area contributed by atoms with Crippen molar-refractivity contribution in [2.75, 3.05) is 19.6 Å². The fourth-order valence-electron chi connectivity index (χ4n) is 5.34. The number of nitrogens with zero attached hydrogens (tertiary/aromatic N) is 1. The first-order chi connectivity index (χ1) is 22.4. The van der Waals surface area contributed by atoms with Gasteiger partial charge in [0.25, 0.3) is 0 Å². The number of hydrogen-bond donors (Lipinski definition) is 9. The number of carboxylic acid groups (broad SMARTS) is 1. The lowest BCUT2D eigenvalue weighted by Crippen LogP contribution is -2.58. The summed E-state index contributed by atoms with van der Waals surface area (Å²) < 4.78 is 0. The van der Waals surface area contributed by atoms with Gasteiger partial charge in [-0.1, -0.05) is 18.6 Å². The maximum absolute atomic E-state index is 13.7. The number of aromatic hydroxyl groups is 1. The van der Waals surface area contributed by atoms with Crippen molar-refractivity contribution < 1.29 is 39.0 Å². The van der Waals surface area contributed by atoms with E-state index in [1.807, 2.05) is 0 Å². The van der Waals surface area contributed by atoms with Crippen LogP contribution in [-0.2, 0) is 35.2 Å². The number of phenols is 1. The third-order valence-corrected chi connectivity index (χ3v) is 8.01. The quantitative estimate of drug-likeness (QED) is 0.0670. The van der Waals surface area contributed by atoms with E-state index in [1.54, 1.807) is 0 Å². The zero-order valence-electron chi connectivity index (χ0n) is 26.7. The normalized spacial score (nSPS) is 16.8. The van der Waals surface area contributed by atoms with E-state index in [2.05, 4.69) is 16.0 Å². The molecular formula is C31H50N8O8. The van der Waals surface area contributed by atoms with Gasteiger partial charge >= 0.3 is 5.97 Å². The number of carbonyl (C=O) groups is 6. The lowest BCUT2D eigenvalue weighted by molar-refractivity contribution is -0.143. The molecule has 13 N–H and O–H groups in total. The minimum absolute atomic E-state index is 0.00973. The van der Waals surface area contributed by atoms with Crippen LogP contribution in [0.4, 0.5) is 0 Å². The molecule has 0 radical (unpaired) electrons. The standard InChI is InChI=1S/C31H50N8O8/c32-15-3-1-6-21(34)27(42)37-23(7-2-4-16-33)30(45)39-17-5-8-25(39)29(44)36-22(13-14-26(35)41)28(43)38-24(31(46)47)18-19-9-11-20(40)12-10-19/h9-12,21-25,40H,1-8,13-18,32-34H2,(H2,35,41)(H,36,44)(H,37,42)(H,38,43)(H,46,47)/t21-,22-,23-,24-,25-/m0/s1. The summed E-state index contributed by atoms with van der Waals surface area (Å²) >= 11 is 0. The topological polar surface area (TPSA) is 286 Å². The van der Waals surface area contributed by atoms with Gasteiger partial charge in [-0.05, 0) is 82.2 Å². The first-order valence-corrected chi connectivity index (χ1v) is 16.0. The minimum atomic E-state index is -1.39. The number of phenolic OH excluding ortho intramolecular Hbond substituents is 1. The van der Waals surface area contributed by atoms with Gasteiger partial charge in [-0.2, -0.15) is 0 Å². The second kappa shape index (κ2) is 20.1. The van der Waals surface area contributed by atoms with Gasteiger partial charge in [0.15, 0.2) is 0 Å². The molecule has 0 saturated carbocycles. The minimum Gasteiger partial charge on any atom is -0.508 e. The summed E-state index contributed by atoms with van der Waals surface area (Å²) in [5.41, 5.74) is 23.0. The summed E-state index contributed by atoms with van der Waals surface area (Å²) in [6, 6.07) is 0.299. The predicted molar refractivity (Wildman–Crippen MR) is 172 cm³/mol. The van der Waals surface area contributed by atoms with Crippen LogP contribution < -0.4 is 38.9 Å². The highest BCUT2D eigenvalue weighted by molar-refractivity contribution is 5.96. The third-order valence-electron chi connectivity index (χ3n) is 8.01. The maximum atomic E-state index is 13.7. The van der Waals surface area contributed by atoms with Gasteiger partial charge in [0.2, 0.25) is 29.5 Å². The van der Waals surface area contributed by atoms with E-state index in [1.165, 1.54) is 29.2 Å². The molecule has 5 amide bonds. The molecule has 0 aromatic heterocycles. The molecule has 1 aromatic rings. The number of primary amides is 1. The average Bonchev–Trinajstić information content (AvgIpc) is 3.53. The van der Waals surface area contributed by atoms with Crippen LogP contribution in [-0.4, -0.2) is 100 Å². The van der Waals surface area contributed by atoms with Crippen molar-refractivity contribution in [2.45, 2.75) is 101 Å². The van der Waals surface area contributed by atoms with Gasteiger partial charge in [-0.3, -0.25) is 24.0 Å². The van der Waals surface area contributed by atoms with E-state index < -0.39 is 65.7 Å². The molecule has 16 heteroatoms. The number of aliphatic carboxylic acids is 1. The summed E-state index contributed by atoms with van der Waals surface area (Å²) in [4.78, 5) is 78.3. The van der Waals surface area contributed by atoms with Gasteiger partial charge in [0.1, 0.15) is 29.9 Å². The zero-order valence-corrected chi connectivity index (χ0v) is 26.7. The van der Waals surface area contributed by atoms with E-state index in [0.29, 0.717) is 57.2 Å².